The number of rotatable bonds is 6. The SMILES string of the molecule is CCOC(=O)[C@H](N=Nc1cncc(Cl)c1)C(=O)c1ccc(F)cc1. The number of ether oxygens (including phenoxy) is 1. The minimum atomic E-state index is -1.49. The van der Waals surface area contributed by atoms with Crippen molar-refractivity contribution >= 4 is 29.0 Å². The Morgan fingerprint density at radius 3 is 2.62 bits per heavy atom. The normalized spacial score (nSPS) is 12.1. The average molecular weight is 350 g/mol. The number of nitrogens with zero attached hydrogens (tertiary/aromatic N) is 3. The first-order valence-electron chi connectivity index (χ1n) is 6.99. The molecule has 2 rings (SSSR count). The summed E-state index contributed by atoms with van der Waals surface area (Å²) in [6.45, 7) is 1.69. The van der Waals surface area contributed by atoms with Gasteiger partial charge in [0, 0.05) is 11.8 Å². The molecule has 8 heteroatoms. The Hall–Kier alpha value is -2.67. The highest BCUT2D eigenvalue weighted by atomic mass is 35.5. The first-order valence-corrected chi connectivity index (χ1v) is 7.37. The van der Waals surface area contributed by atoms with Gasteiger partial charge in [-0.3, -0.25) is 9.78 Å². The van der Waals surface area contributed by atoms with Gasteiger partial charge in [-0.25, -0.2) is 9.18 Å². The maximum absolute atomic E-state index is 13.0. The largest absolute Gasteiger partial charge is 0.464 e. The molecular weight excluding hydrogens is 337 g/mol. The molecule has 1 atom stereocenters. The number of azo groups is 1. The molecule has 1 aromatic carbocycles. The highest BCUT2D eigenvalue weighted by Gasteiger charge is 2.29. The van der Waals surface area contributed by atoms with Gasteiger partial charge in [-0.2, -0.15) is 10.2 Å². The molecule has 0 bridgehead atoms. The molecule has 0 fully saturated rings. The van der Waals surface area contributed by atoms with Crippen LogP contribution in [0.3, 0.4) is 0 Å². The number of pyridine rings is 1. The van der Waals surface area contributed by atoms with Crippen LogP contribution in [0.15, 0.2) is 53.0 Å². The van der Waals surface area contributed by atoms with E-state index in [0.717, 1.165) is 12.1 Å². The smallest absolute Gasteiger partial charge is 0.341 e. The van der Waals surface area contributed by atoms with E-state index in [-0.39, 0.29) is 17.9 Å². The van der Waals surface area contributed by atoms with Gasteiger partial charge in [-0.1, -0.05) is 11.6 Å². The van der Waals surface area contributed by atoms with Gasteiger partial charge in [0.15, 0.2) is 0 Å². The monoisotopic (exact) mass is 349 g/mol. The van der Waals surface area contributed by atoms with Crippen LogP contribution in [-0.4, -0.2) is 29.4 Å². The Labute approximate surface area is 142 Å². The number of aromatic nitrogens is 1. The summed E-state index contributed by atoms with van der Waals surface area (Å²) < 4.78 is 17.8. The minimum Gasteiger partial charge on any atom is -0.464 e. The quantitative estimate of drug-likeness (QED) is 0.344. The van der Waals surface area contributed by atoms with E-state index >= 15 is 0 Å². The number of esters is 1. The molecule has 24 heavy (non-hydrogen) atoms. The van der Waals surface area contributed by atoms with E-state index in [0.29, 0.717) is 5.02 Å². The van der Waals surface area contributed by atoms with E-state index in [1.165, 1.54) is 30.6 Å². The molecule has 124 valence electrons. The molecule has 0 spiro atoms. The third-order valence-electron chi connectivity index (χ3n) is 2.87. The summed E-state index contributed by atoms with van der Waals surface area (Å²) in [6, 6.07) is 4.75. The van der Waals surface area contributed by atoms with Gasteiger partial charge < -0.3 is 4.74 Å². The molecule has 6 nitrogen and oxygen atoms in total. The summed E-state index contributed by atoms with van der Waals surface area (Å²) in [5.74, 6) is -1.98. The fraction of sp³-hybridized carbons (Fsp3) is 0.188. The molecule has 0 N–H and O–H groups in total. The van der Waals surface area contributed by atoms with E-state index < -0.39 is 23.6 Å². The highest BCUT2D eigenvalue weighted by molar-refractivity contribution is 6.30. The Kier molecular flexibility index (Phi) is 6.08. The summed E-state index contributed by atoms with van der Waals surface area (Å²) in [6.07, 6.45) is 2.78. The van der Waals surface area contributed by atoms with E-state index in [9.17, 15) is 14.0 Å². The van der Waals surface area contributed by atoms with Gasteiger partial charge >= 0.3 is 5.97 Å². The molecule has 2 aromatic rings. The van der Waals surface area contributed by atoms with Gasteiger partial charge in [0.1, 0.15) is 11.5 Å². The topological polar surface area (TPSA) is 81.0 Å². The zero-order valence-corrected chi connectivity index (χ0v) is 13.4. The molecule has 0 amide bonds. The van der Waals surface area contributed by atoms with Crippen molar-refractivity contribution in [2.45, 2.75) is 13.0 Å². The summed E-state index contributed by atoms with van der Waals surface area (Å²) in [5, 5.41) is 7.92. The lowest BCUT2D eigenvalue weighted by molar-refractivity contribution is -0.143. The first kappa shape index (κ1) is 17.7. The van der Waals surface area contributed by atoms with Crippen LogP contribution in [0.4, 0.5) is 10.1 Å². The van der Waals surface area contributed by atoms with Crippen molar-refractivity contribution in [3.63, 3.8) is 0 Å². The van der Waals surface area contributed by atoms with Gasteiger partial charge in [0.2, 0.25) is 11.8 Å². The average Bonchev–Trinajstić information content (AvgIpc) is 2.56. The summed E-state index contributed by atoms with van der Waals surface area (Å²) in [7, 11) is 0. The van der Waals surface area contributed by atoms with Crippen LogP contribution in [0.5, 0.6) is 0 Å². The fourth-order valence-corrected chi connectivity index (χ4v) is 1.95. The second-order valence-corrected chi connectivity index (χ2v) is 5.04. The predicted molar refractivity (Wildman–Crippen MR) is 84.9 cm³/mol. The maximum Gasteiger partial charge on any atom is 0.341 e. The number of benzene rings is 1. The van der Waals surface area contributed by atoms with Crippen LogP contribution in [0.1, 0.15) is 17.3 Å². The zero-order chi connectivity index (χ0) is 17.5. The molecule has 0 saturated carbocycles. The molecule has 0 saturated heterocycles. The predicted octanol–water partition coefficient (Wildman–Crippen LogP) is 3.77. The van der Waals surface area contributed by atoms with Gasteiger partial charge in [0.05, 0.1) is 17.8 Å². The van der Waals surface area contributed by atoms with Crippen LogP contribution in [0.2, 0.25) is 5.02 Å². The van der Waals surface area contributed by atoms with Gasteiger partial charge in [-0.15, -0.1) is 0 Å². The van der Waals surface area contributed by atoms with Crippen molar-refractivity contribution in [2.24, 2.45) is 10.2 Å². The number of Topliss-reactive ketones (excluding diaryl/α,β-unsaturated/α-hetero) is 1. The Bertz CT molecular complexity index is 765. The maximum atomic E-state index is 13.0. The van der Waals surface area contributed by atoms with Crippen molar-refractivity contribution in [3.8, 4) is 0 Å². The van der Waals surface area contributed by atoms with Crippen LogP contribution in [-0.2, 0) is 9.53 Å². The molecule has 0 aliphatic rings. The summed E-state index contributed by atoms with van der Waals surface area (Å²) >= 11 is 5.79. The number of hydrogen-bond donors (Lipinski definition) is 0. The lowest BCUT2D eigenvalue weighted by Crippen LogP contribution is -2.30. The van der Waals surface area contributed by atoms with E-state index in [1.807, 2.05) is 0 Å². The van der Waals surface area contributed by atoms with Crippen molar-refractivity contribution in [1.29, 1.82) is 0 Å². The van der Waals surface area contributed by atoms with E-state index in [2.05, 4.69) is 15.2 Å². The molecule has 1 heterocycles. The standard InChI is InChI=1S/C16H13ClFN3O3/c1-2-24-16(23)14(15(22)10-3-5-12(18)6-4-10)21-20-13-7-11(17)8-19-9-13/h3-9,14H,2H2,1H3/t14-/m1/s1. The second-order valence-electron chi connectivity index (χ2n) is 4.60. The first-order chi connectivity index (χ1) is 11.5. The van der Waals surface area contributed by atoms with Crippen LogP contribution in [0, 0.1) is 5.82 Å². The number of ketones is 1. The van der Waals surface area contributed by atoms with Crippen molar-refractivity contribution < 1.29 is 18.7 Å². The lowest BCUT2D eigenvalue weighted by Gasteiger charge is -2.09. The number of halogens is 2. The number of carbonyl (C=O) groups is 2. The third-order valence-corrected chi connectivity index (χ3v) is 3.07. The lowest BCUT2D eigenvalue weighted by atomic mass is 10.1. The third kappa shape index (κ3) is 4.66. The van der Waals surface area contributed by atoms with Crippen molar-refractivity contribution in [3.05, 3.63) is 59.1 Å². The summed E-state index contributed by atoms with van der Waals surface area (Å²) in [5.41, 5.74) is 0.404. The highest BCUT2D eigenvalue weighted by Crippen LogP contribution is 2.18. The molecule has 0 unspecified atom stereocenters. The van der Waals surface area contributed by atoms with E-state index in [1.54, 1.807) is 6.92 Å². The Balaban J connectivity index is 2.28. The van der Waals surface area contributed by atoms with Crippen molar-refractivity contribution in [1.82, 2.24) is 4.98 Å². The molecule has 0 radical (unpaired) electrons. The van der Waals surface area contributed by atoms with E-state index in [4.69, 9.17) is 16.3 Å². The second kappa shape index (κ2) is 8.26. The Morgan fingerprint density at radius 2 is 2.00 bits per heavy atom. The van der Waals surface area contributed by atoms with Crippen molar-refractivity contribution in [2.75, 3.05) is 6.61 Å². The number of carbonyl (C=O) groups excluding carboxylic acids is 2. The van der Waals surface area contributed by atoms with Gasteiger partial charge in [0.25, 0.3) is 0 Å². The Morgan fingerprint density at radius 1 is 1.29 bits per heavy atom. The molecule has 0 aliphatic carbocycles. The summed E-state index contributed by atoms with van der Waals surface area (Å²) in [4.78, 5) is 28.3. The van der Waals surface area contributed by atoms with Crippen LogP contribution < -0.4 is 0 Å². The molecule has 0 aliphatic heterocycles. The molecular formula is C16H13ClFN3O3. The number of hydrogen-bond acceptors (Lipinski definition) is 6. The van der Waals surface area contributed by atoms with Crippen LogP contribution in [0.25, 0.3) is 0 Å². The minimum absolute atomic E-state index is 0.0836. The van der Waals surface area contributed by atoms with Crippen LogP contribution >= 0.6 is 11.6 Å². The van der Waals surface area contributed by atoms with Gasteiger partial charge in [-0.05, 0) is 37.3 Å². The fourth-order valence-electron chi connectivity index (χ4n) is 1.78. The molecule has 1 aromatic heterocycles. The zero-order valence-electron chi connectivity index (χ0n) is 12.6.